The zero-order chi connectivity index (χ0) is 10.6. The lowest BCUT2D eigenvalue weighted by molar-refractivity contribution is 0.321. The lowest BCUT2D eigenvalue weighted by Gasteiger charge is -2.07. The molecule has 0 radical (unpaired) electrons. The summed E-state index contributed by atoms with van der Waals surface area (Å²) in [6, 6.07) is 4.46. The third-order valence-electron chi connectivity index (χ3n) is 1.50. The third-order valence-corrected chi connectivity index (χ3v) is 1.60. The van der Waals surface area contributed by atoms with Gasteiger partial charge >= 0.3 is 0 Å². The Balaban J connectivity index is 2.83. The highest BCUT2D eigenvalue weighted by Gasteiger charge is 2.03. The number of anilines is 1. The fourth-order valence-corrected chi connectivity index (χ4v) is 1.11. The molecule has 0 fully saturated rings. The maximum absolute atomic E-state index is 13.2. The van der Waals surface area contributed by atoms with Gasteiger partial charge in [0.15, 0.2) is 16.7 Å². The number of rotatable bonds is 3. The van der Waals surface area contributed by atoms with Crippen molar-refractivity contribution in [3.8, 4) is 5.75 Å². The van der Waals surface area contributed by atoms with Crippen molar-refractivity contribution >= 4 is 23.0 Å². The van der Waals surface area contributed by atoms with E-state index in [0.29, 0.717) is 12.3 Å². The molecule has 0 spiro atoms. The summed E-state index contributed by atoms with van der Waals surface area (Å²) in [5, 5.41) is 2.73. The zero-order valence-corrected chi connectivity index (χ0v) is 8.53. The van der Waals surface area contributed by atoms with Crippen LogP contribution >= 0.6 is 12.2 Å². The summed E-state index contributed by atoms with van der Waals surface area (Å²) in [7, 11) is 0. The molecule has 0 bridgehead atoms. The van der Waals surface area contributed by atoms with Crippen LogP contribution in [-0.2, 0) is 0 Å². The van der Waals surface area contributed by atoms with Crippen molar-refractivity contribution in [1.82, 2.24) is 0 Å². The summed E-state index contributed by atoms with van der Waals surface area (Å²) < 4.78 is 18.3. The molecule has 3 nitrogen and oxygen atoms in total. The van der Waals surface area contributed by atoms with E-state index in [1.165, 1.54) is 12.1 Å². The van der Waals surface area contributed by atoms with Crippen LogP contribution in [0.1, 0.15) is 6.92 Å². The first-order valence-corrected chi connectivity index (χ1v) is 4.53. The maximum Gasteiger partial charge on any atom is 0.168 e. The third kappa shape index (κ3) is 2.85. The van der Waals surface area contributed by atoms with Crippen molar-refractivity contribution in [3.63, 3.8) is 0 Å². The van der Waals surface area contributed by atoms with Crippen molar-refractivity contribution in [1.29, 1.82) is 0 Å². The number of halogens is 1. The van der Waals surface area contributed by atoms with Crippen LogP contribution in [0, 0.1) is 5.82 Å². The van der Waals surface area contributed by atoms with Crippen molar-refractivity contribution < 1.29 is 9.13 Å². The molecule has 0 aliphatic carbocycles. The molecular formula is C9H11FN2OS. The highest BCUT2D eigenvalue weighted by molar-refractivity contribution is 7.80. The van der Waals surface area contributed by atoms with E-state index in [-0.39, 0.29) is 10.9 Å². The van der Waals surface area contributed by atoms with Crippen LogP contribution in [0.5, 0.6) is 5.75 Å². The fraction of sp³-hybridized carbons (Fsp3) is 0.222. The Morgan fingerprint density at radius 3 is 2.86 bits per heavy atom. The van der Waals surface area contributed by atoms with Gasteiger partial charge in [0.05, 0.1) is 6.61 Å². The molecule has 1 aromatic carbocycles. The SMILES string of the molecule is CCOc1ccc(NC(N)=S)cc1F. The lowest BCUT2D eigenvalue weighted by Crippen LogP contribution is -2.18. The van der Waals surface area contributed by atoms with Crippen LogP contribution in [0.3, 0.4) is 0 Å². The number of benzene rings is 1. The number of hydrogen-bond acceptors (Lipinski definition) is 2. The Morgan fingerprint density at radius 1 is 1.64 bits per heavy atom. The fourth-order valence-electron chi connectivity index (χ4n) is 0.993. The quantitative estimate of drug-likeness (QED) is 0.754. The van der Waals surface area contributed by atoms with Gasteiger partial charge in [-0.2, -0.15) is 0 Å². The number of nitrogens with two attached hydrogens (primary N) is 1. The van der Waals surface area contributed by atoms with Crippen LogP contribution in [0.4, 0.5) is 10.1 Å². The maximum atomic E-state index is 13.2. The van der Waals surface area contributed by atoms with Crippen LogP contribution in [0.2, 0.25) is 0 Å². The molecule has 0 atom stereocenters. The molecule has 76 valence electrons. The molecule has 0 aliphatic heterocycles. The number of ether oxygens (including phenoxy) is 1. The Morgan fingerprint density at radius 2 is 2.36 bits per heavy atom. The first kappa shape index (κ1) is 10.7. The molecule has 14 heavy (non-hydrogen) atoms. The Kier molecular flexibility index (Phi) is 3.64. The van der Waals surface area contributed by atoms with Crippen molar-refractivity contribution in [2.75, 3.05) is 11.9 Å². The predicted octanol–water partition coefficient (Wildman–Crippen LogP) is 1.88. The minimum atomic E-state index is -0.437. The largest absolute Gasteiger partial charge is 0.491 e. The monoisotopic (exact) mass is 214 g/mol. The standard InChI is InChI=1S/C9H11FN2OS/c1-2-13-8-4-3-6(5-7(8)10)12-9(11)14/h3-5H,2H2,1H3,(H3,11,12,14). The lowest BCUT2D eigenvalue weighted by atomic mass is 10.3. The Hall–Kier alpha value is -1.36. The van der Waals surface area contributed by atoms with Gasteiger partial charge in [0.2, 0.25) is 0 Å². The van der Waals surface area contributed by atoms with Crippen LogP contribution in [0.15, 0.2) is 18.2 Å². The van der Waals surface area contributed by atoms with Crippen molar-refractivity contribution in [2.45, 2.75) is 6.92 Å². The van der Waals surface area contributed by atoms with E-state index in [9.17, 15) is 4.39 Å². The highest BCUT2D eigenvalue weighted by Crippen LogP contribution is 2.20. The minimum absolute atomic E-state index is 0.105. The number of hydrogen-bond donors (Lipinski definition) is 2. The summed E-state index contributed by atoms with van der Waals surface area (Å²) >= 11 is 4.62. The molecular weight excluding hydrogens is 203 g/mol. The van der Waals surface area contributed by atoms with Crippen LogP contribution in [-0.4, -0.2) is 11.7 Å². The molecule has 0 aliphatic rings. The van der Waals surface area contributed by atoms with Gasteiger partial charge in [0.25, 0.3) is 0 Å². The van der Waals surface area contributed by atoms with Gasteiger partial charge in [-0.15, -0.1) is 0 Å². The summed E-state index contributed by atoms with van der Waals surface area (Å²) in [6.07, 6.45) is 0. The summed E-state index contributed by atoms with van der Waals surface area (Å²) in [5.41, 5.74) is 5.75. The van der Waals surface area contributed by atoms with E-state index >= 15 is 0 Å². The normalized spacial score (nSPS) is 9.57. The second kappa shape index (κ2) is 4.76. The van der Waals surface area contributed by atoms with Gasteiger partial charge in [0.1, 0.15) is 0 Å². The molecule has 0 unspecified atom stereocenters. The molecule has 5 heteroatoms. The van der Waals surface area contributed by atoms with E-state index < -0.39 is 5.82 Å². The molecule has 0 saturated heterocycles. The van der Waals surface area contributed by atoms with Gasteiger partial charge in [-0.1, -0.05) is 0 Å². The van der Waals surface area contributed by atoms with E-state index in [2.05, 4.69) is 17.5 Å². The summed E-state index contributed by atoms with van der Waals surface area (Å²) in [4.78, 5) is 0. The summed E-state index contributed by atoms with van der Waals surface area (Å²) in [5.74, 6) is -0.214. The molecule has 0 heterocycles. The van der Waals surface area contributed by atoms with Crippen LogP contribution < -0.4 is 15.8 Å². The van der Waals surface area contributed by atoms with Gasteiger partial charge in [-0.25, -0.2) is 4.39 Å². The Bertz CT molecular complexity index is 344. The van der Waals surface area contributed by atoms with Gasteiger partial charge in [0, 0.05) is 11.8 Å². The molecule has 1 aromatic rings. The number of thiocarbonyl (C=S) groups is 1. The first-order valence-electron chi connectivity index (χ1n) is 4.12. The van der Waals surface area contributed by atoms with Crippen LogP contribution in [0.25, 0.3) is 0 Å². The molecule has 0 amide bonds. The average molecular weight is 214 g/mol. The van der Waals surface area contributed by atoms with Crippen molar-refractivity contribution in [2.24, 2.45) is 5.73 Å². The van der Waals surface area contributed by atoms with Gasteiger partial charge < -0.3 is 15.8 Å². The molecule has 0 saturated carbocycles. The second-order valence-electron chi connectivity index (χ2n) is 2.57. The summed E-state index contributed by atoms with van der Waals surface area (Å²) in [6.45, 7) is 2.22. The second-order valence-corrected chi connectivity index (χ2v) is 3.01. The first-order chi connectivity index (χ1) is 6.63. The molecule has 3 N–H and O–H groups in total. The van der Waals surface area contributed by atoms with Crippen molar-refractivity contribution in [3.05, 3.63) is 24.0 Å². The predicted molar refractivity (Wildman–Crippen MR) is 58.0 cm³/mol. The molecule has 1 rings (SSSR count). The molecule has 0 aromatic heterocycles. The van der Waals surface area contributed by atoms with E-state index in [1.54, 1.807) is 13.0 Å². The van der Waals surface area contributed by atoms with Gasteiger partial charge in [-0.3, -0.25) is 0 Å². The van der Waals surface area contributed by atoms with Gasteiger partial charge in [-0.05, 0) is 31.3 Å². The van der Waals surface area contributed by atoms with E-state index in [4.69, 9.17) is 10.5 Å². The topological polar surface area (TPSA) is 47.3 Å². The smallest absolute Gasteiger partial charge is 0.168 e. The average Bonchev–Trinajstić information content (AvgIpc) is 2.09. The Labute approximate surface area is 87.1 Å². The number of nitrogens with one attached hydrogen (secondary N) is 1. The zero-order valence-electron chi connectivity index (χ0n) is 7.71. The highest BCUT2D eigenvalue weighted by atomic mass is 32.1. The van der Waals surface area contributed by atoms with E-state index in [1.807, 2.05) is 0 Å². The minimum Gasteiger partial charge on any atom is -0.491 e. The van der Waals surface area contributed by atoms with E-state index in [0.717, 1.165) is 0 Å².